The fourth-order valence-electron chi connectivity index (χ4n) is 2.91. The Bertz CT molecular complexity index is 1190. The monoisotopic (exact) mass is 460 g/mol. The van der Waals surface area contributed by atoms with E-state index < -0.39 is 15.7 Å². The molecule has 0 aliphatic rings. The van der Waals surface area contributed by atoms with Crippen molar-refractivity contribution in [3.05, 3.63) is 54.1 Å². The van der Waals surface area contributed by atoms with Gasteiger partial charge in [-0.15, -0.1) is 11.8 Å². The smallest absolute Gasteiger partial charge is 0.246 e. The number of aromatic nitrogens is 2. The van der Waals surface area contributed by atoms with Gasteiger partial charge in [0.1, 0.15) is 28.0 Å². The Balaban J connectivity index is 1.92. The van der Waals surface area contributed by atoms with E-state index >= 15 is 0 Å². The average molecular weight is 461 g/mol. The number of hydrogen-bond donors (Lipinski definition) is 2. The fraction of sp³-hybridized carbons (Fsp3) is 0.238. The van der Waals surface area contributed by atoms with Gasteiger partial charge in [0.25, 0.3) is 0 Å². The third kappa shape index (κ3) is 5.02. The summed E-state index contributed by atoms with van der Waals surface area (Å²) < 4.78 is 32.9. The van der Waals surface area contributed by atoms with E-state index in [1.54, 1.807) is 36.4 Å². The molecule has 0 radical (unpaired) electrons. The molecule has 3 rings (SSSR count). The molecule has 8 nitrogen and oxygen atoms in total. The summed E-state index contributed by atoms with van der Waals surface area (Å²) in [6.07, 6.45) is 0. The van der Waals surface area contributed by atoms with Crippen LogP contribution in [0, 0.1) is 6.92 Å². The molecule has 0 unspecified atom stereocenters. The van der Waals surface area contributed by atoms with Crippen molar-refractivity contribution in [3.63, 3.8) is 0 Å². The van der Waals surface area contributed by atoms with Gasteiger partial charge in [0.2, 0.25) is 15.7 Å². The zero-order valence-electron chi connectivity index (χ0n) is 17.5. The Labute approximate surface area is 185 Å². The van der Waals surface area contributed by atoms with Gasteiger partial charge in [-0.3, -0.25) is 4.79 Å². The van der Waals surface area contributed by atoms with Gasteiger partial charge in [-0.1, -0.05) is 30.7 Å². The SMILES string of the molecule is CCSc1nn(CC(=O)Nc2cccc(OC)c2)c(N)c1S(=O)(=O)c1ccc(C)cc1. The molecule has 1 amide bonds. The second kappa shape index (κ2) is 9.44. The number of sulfone groups is 1. The van der Waals surface area contributed by atoms with Crippen LogP contribution in [0.2, 0.25) is 0 Å². The van der Waals surface area contributed by atoms with Crippen molar-refractivity contribution in [1.29, 1.82) is 0 Å². The number of thioether (sulfide) groups is 1. The Hall–Kier alpha value is -2.98. The Morgan fingerprint density at radius 1 is 1.23 bits per heavy atom. The molecule has 3 aromatic rings. The number of nitrogen functional groups attached to an aromatic ring is 1. The summed E-state index contributed by atoms with van der Waals surface area (Å²) in [7, 11) is -2.36. The quantitative estimate of drug-likeness (QED) is 0.495. The van der Waals surface area contributed by atoms with E-state index in [9.17, 15) is 13.2 Å². The maximum atomic E-state index is 13.3. The van der Waals surface area contributed by atoms with Crippen LogP contribution < -0.4 is 15.8 Å². The number of amides is 1. The molecule has 0 atom stereocenters. The van der Waals surface area contributed by atoms with E-state index in [0.717, 1.165) is 5.56 Å². The van der Waals surface area contributed by atoms with Crippen LogP contribution in [-0.2, 0) is 21.2 Å². The molecule has 0 aliphatic carbocycles. The van der Waals surface area contributed by atoms with Crippen molar-refractivity contribution in [2.45, 2.75) is 35.2 Å². The molecule has 10 heteroatoms. The minimum atomic E-state index is -3.90. The molecule has 0 spiro atoms. The first kappa shape index (κ1) is 22.7. The molecule has 164 valence electrons. The molecule has 0 saturated carbocycles. The van der Waals surface area contributed by atoms with Gasteiger partial charge in [0.15, 0.2) is 0 Å². The Morgan fingerprint density at radius 2 is 1.94 bits per heavy atom. The number of nitrogens with zero attached hydrogens (tertiary/aromatic N) is 2. The largest absolute Gasteiger partial charge is 0.497 e. The van der Waals surface area contributed by atoms with Gasteiger partial charge in [0, 0.05) is 11.8 Å². The summed E-state index contributed by atoms with van der Waals surface area (Å²) >= 11 is 1.26. The molecule has 2 aromatic carbocycles. The van der Waals surface area contributed by atoms with Gasteiger partial charge in [-0.2, -0.15) is 5.10 Å². The van der Waals surface area contributed by atoms with Crippen LogP contribution in [-0.4, -0.2) is 37.0 Å². The zero-order valence-corrected chi connectivity index (χ0v) is 19.1. The second-order valence-electron chi connectivity index (χ2n) is 6.71. The highest BCUT2D eigenvalue weighted by atomic mass is 32.2. The topological polar surface area (TPSA) is 116 Å². The standard InChI is InChI=1S/C21H24N4O4S2/c1-4-30-21-19(31(27,28)17-10-8-14(2)9-11-17)20(22)25(24-21)13-18(26)23-15-6-5-7-16(12-15)29-3/h5-12H,4,13,22H2,1-3H3,(H,23,26). The van der Waals surface area contributed by atoms with Gasteiger partial charge in [0.05, 0.1) is 12.0 Å². The lowest BCUT2D eigenvalue weighted by Crippen LogP contribution is -2.21. The van der Waals surface area contributed by atoms with Crippen molar-refractivity contribution in [3.8, 4) is 5.75 Å². The first-order valence-electron chi connectivity index (χ1n) is 9.51. The summed E-state index contributed by atoms with van der Waals surface area (Å²) in [5, 5.41) is 7.33. The average Bonchev–Trinajstić information content (AvgIpc) is 3.04. The second-order valence-corrected chi connectivity index (χ2v) is 9.85. The number of nitrogens with two attached hydrogens (primary N) is 1. The fourth-order valence-corrected chi connectivity index (χ4v) is 5.47. The lowest BCUT2D eigenvalue weighted by atomic mass is 10.2. The Kier molecular flexibility index (Phi) is 6.91. The van der Waals surface area contributed by atoms with Crippen molar-refractivity contribution in [2.75, 3.05) is 23.9 Å². The zero-order chi connectivity index (χ0) is 22.6. The molecule has 0 aliphatic heterocycles. The number of hydrogen-bond acceptors (Lipinski definition) is 7. The molecular weight excluding hydrogens is 436 g/mol. The van der Waals surface area contributed by atoms with Crippen LogP contribution in [0.3, 0.4) is 0 Å². The van der Waals surface area contributed by atoms with Crippen LogP contribution >= 0.6 is 11.8 Å². The summed E-state index contributed by atoms with van der Waals surface area (Å²) in [4.78, 5) is 12.6. The predicted molar refractivity (Wildman–Crippen MR) is 121 cm³/mol. The van der Waals surface area contributed by atoms with Crippen molar-refractivity contribution in [2.24, 2.45) is 0 Å². The summed E-state index contributed by atoms with van der Waals surface area (Å²) in [6.45, 7) is 3.53. The highest BCUT2D eigenvalue weighted by Crippen LogP contribution is 2.35. The van der Waals surface area contributed by atoms with E-state index in [-0.39, 0.29) is 27.2 Å². The molecule has 1 aromatic heterocycles. The van der Waals surface area contributed by atoms with Gasteiger partial charge in [-0.05, 0) is 36.9 Å². The maximum absolute atomic E-state index is 13.3. The lowest BCUT2D eigenvalue weighted by molar-refractivity contribution is -0.116. The number of rotatable bonds is 8. The summed E-state index contributed by atoms with van der Waals surface area (Å²) in [6, 6.07) is 13.4. The van der Waals surface area contributed by atoms with E-state index in [1.807, 2.05) is 13.8 Å². The lowest BCUT2D eigenvalue weighted by Gasteiger charge is -2.09. The third-order valence-corrected chi connectivity index (χ3v) is 7.25. The normalized spacial score (nSPS) is 11.3. The van der Waals surface area contributed by atoms with Gasteiger partial charge in [-0.25, -0.2) is 13.1 Å². The molecule has 0 bridgehead atoms. The number of ether oxygens (including phenoxy) is 1. The molecule has 3 N–H and O–H groups in total. The number of nitrogens with one attached hydrogen (secondary N) is 1. The van der Waals surface area contributed by atoms with Gasteiger partial charge < -0.3 is 15.8 Å². The number of anilines is 2. The van der Waals surface area contributed by atoms with Crippen LogP contribution in [0.4, 0.5) is 11.5 Å². The van der Waals surface area contributed by atoms with Crippen molar-refractivity contribution < 1.29 is 17.9 Å². The molecule has 0 fully saturated rings. The number of methoxy groups -OCH3 is 1. The van der Waals surface area contributed by atoms with Crippen LogP contribution in [0.25, 0.3) is 0 Å². The van der Waals surface area contributed by atoms with Crippen LogP contribution in [0.1, 0.15) is 12.5 Å². The van der Waals surface area contributed by atoms with Crippen molar-refractivity contribution in [1.82, 2.24) is 9.78 Å². The van der Waals surface area contributed by atoms with Crippen LogP contribution in [0.15, 0.2) is 63.3 Å². The van der Waals surface area contributed by atoms with E-state index in [4.69, 9.17) is 10.5 Å². The summed E-state index contributed by atoms with van der Waals surface area (Å²) in [5.41, 5.74) is 7.67. The number of benzene rings is 2. The van der Waals surface area contributed by atoms with Crippen LogP contribution in [0.5, 0.6) is 5.75 Å². The predicted octanol–water partition coefficient (Wildman–Crippen LogP) is 3.37. The van der Waals surface area contributed by atoms with Gasteiger partial charge >= 0.3 is 0 Å². The third-order valence-electron chi connectivity index (χ3n) is 4.44. The van der Waals surface area contributed by atoms with E-state index in [0.29, 0.717) is 17.2 Å². The molecule has 31 heavy (non-hydrogen) atoms. The van der Waals surface area contributed by atoms with E-state index in [2.05, 4.69) is 10.4 Å². The number of carbonyl (C=O) groups is 1. The molecule has 0 saturated heterocycles. The van der Waals surface area contributed by atoms with Crippen molar-refractivity contribution >= 4 is 39.0 Å². The van der Waals surface area contributed by atoms with E-state index in [1.165, 1.54) is 35.7 Å². The highest BCUT2D eigenvalue weighted by molar-refractivity contribution is 8.00. The first-order chi connectivity index (χ1) is 14.8. The number of carbonyl (C=O) groups excluding carboxylic acids is 1. The summed E-state index contributed by atoms with van der Waals surface area (Å²) in [5.74, 6) is 0.736. The minimum Gasteiger partial charge on any atom is -0.497 e. The first-order valence-corrected chi connectivity index (χ1v) is 12.0. The maximum Gasteiger partial charge on any atom is 0.246 e. The Morgan fingerprint density at radius 3 is 2.58 bits per heavy atom. The molecular formula is C21H24N4O4S2. The highest BCUT2D eigenvalue weighted by Gasteiger charge is 2.30. The number of aryl methyl sites for hydroxylation is 1. The molecule has 1 heterocycles. The minimum absolute atomic E-state index is 0.0719.